The lowest BCUT2D eigenvalue weighted by Gasteiger charge is -2.39. The number of benzene rings is 2. The highest BCUT2D eigenvalue weighted by atomic mass is 19.2. The molecule has 0 bridgehead atoms. The number of allylic oxidation sites excluding steroid dienone is 2. The van der Waals surface area contributed by atoms with E-state index in [9.17, 15) is 13.9 Å². The number of aliphatic hydroxyl groups is 1. The number of aromatic nitrogens is 2. The molecule has 2 aromatic carbocycles. The molecule has 2 heterocycles. The maximum atomic E-state index is 13.7. The molecular weight excluding hydrogens is 448 g/mol. The first-order valence-electron chi connectivity index (χ1n) is 11.5. The molecular formula is C27H29F2N5O. The van der Waals surface area contributed by atoms with Crippen molar-refractivity contribution in [3.63, 3.8) is 0 Å². The Morgan fingerprint density at radius 2 is 1.80 bits per heavy atom. The molecule has 1 aliphatic heterocycles. The van der Waals surface area contributed by atoms with Crippen LogP contribution in [0.5, 0.6) is 0 Å². The third-order valence-electron chi connectivity index (χ3n) is 6.31. The molecule has 4 rings (SSSR count). The van der Waals surface area contributed by atoms with Crippen LogP contribution in [0.15, 0.2) is 65.3 Å². The number of nitrogens with zero attached hydrogens (tertiary/aromatic N) is 4. The van der Waals surface area contributed by atoms with Crippen LogP contribution in [0.3, 0.4) is 0 Å². The number of aliphatic imine (C=N–C) groups is 1. The van der Waals surface area contributed by atoms with Gasteiger partial charge in [0.15, 0.2) is 11.6 Å². The summed E-state index contributed by atoms with van der Waals surface area (Å²) >= 11 is 0. The molecule has 0 radical (unpaired) electrons. The standard InChI is InChI=1S/C27H29F2N5O/c1-18-32-25(21(17-31-2)24(30)14-19-6-4-3-5-7-19)16-26(33-18)34-12-10-27(35,11-13-34)20-8-9-22(28)23(29)15-20/h3-9,15-17,35H,10-14,30H2,1-2H3/b24-21+,31-17?. The van der Waals surface area contributed by atoms with Crippen molar-refractivity contribution in [2.75, 3.05) is 25.0 Å². The second kappa shape index (κ2) is 10.3. The number of hydrogen-bond acceptors (Lipinski definition) is 6. The highest BCUT2D eigenvalue weighted by Crippen LogP contribution is 2.35. The van der Waals surface area contributed by atoms with E-state index in [1.165, 1.54) is 6.07 Å². The largest absolute Gasteiger partial charge is 0.401 e. The summed E-state index contributed by atoms with van der Waals surface area (Å²) in [7, 11) is 1.69. The maximum Gasteiger partial charge on any atom is 0.159 e. The van der Waals surface area contributed by atoms with Crippen molar-refractivity contribution in [2.45, 2.75) is 31.8 Å². The Balaban J connectivity index is 1.58. The van der Waals surface area contributed by atoms with Crippen LogP contribution in [0.1, 0.15) is 35.5 Å². The summed E-state index contributed by atoms with van der Waals surface area (Å²) in [6.45, 7) is 2.81. The predicted octanol–water partition coefficient (Wildman–Crippen LogP) is 4.16. The van der Waals surface area contributed by atoms with E-state index in [1.54, 1.807) is 13.3 Å². The third-order valence-corrected chi connectivity index (χ3v) is 6.31. The van der Waals surface area contributed by atoms with Gasteiger partial charge in [-0.15, -0.1) is 0 Å². The van der Waals surface area contributed by atoms with E-state index >= 15 is 0 Å². The Morgan fingerprint density at radius 1 is 1.09 bits per heavy atom. The zero-order chi connectivity index (χ0) is 25.0. The first-order chi connectivity index (χ1) is 16.8. The van der Waals surface area contributed by atoms with E-state index in [1.807, 2.05) is 43.3 Å². The van der Waals surface area contributed by atoms with Gasteiger partial charge < -0.3 is 15.7 Å². The lowest BCUT2D eigenvalue weighted by atomic mass is 9.84. The number of aryl methyl sites for hydroxylation is 1. The number of piperidine rings is 1. The molecule has 1 fully saturated rings. The van der Waals surface area contributed by atoms with Crippen LogP contribution in [-0.2, 0) is 12.0 Å². The van der Waals surface area contributed by atoms with Crippen molar-refractivity contribution in [1.29, 1.82) is 0 Å². The fraction of sp³-hybridized carbons (Fsp3) is 0.296. The lowest BCUT2D eigenvalue weighted by molar-refractivity contribution is 0.0113. The minimum absolute atomic E-state index is 0.353. The minimum atomic E-state index is -1.23. The zero-order valence-corrected chi connectivity index (χ0v) is 19.9. The molecule has 0 saturated carbocycles. The van der Waals surface area contributed by atoms with Gasteiger partial charge in [-0.25, -0.2) is 18.7 Å². The second-order valence-corrected chi connectivity index (χ2v) is 8.79. The number of anilines is 1. The molecule has 1 saturated heterocycles. The van der Waals surface area contributed by atoms with Crippen LogP contribution in [0, 0.1) is 18.6 Å². The van der Waals surface area contributed by atoms with Gasteiger partial charge in [0.1, 0.15) is 11.6 Å². The predicted molar refractivity (Wildman–Crippen MR) is 134 cm³/mol. The van der Waals surface area contributed by atoms with Crippen molar-refractivity contribution >= 4 is 17.6 Å². The van der Waals surface area contributed by atoms with Gasteiger partial charge in [0.2, 0.25) is 0 Å². The molecule has 8 heteroatoms. The van der Waals surface area contributed by atoms with Crippen LogP contribution >= 0.6 is 0 Å². The van der Waals surface area contributed by atoms with Gasteiger partial charge in [-0.2, -0.15) is 0 Å². The SMILES string of the molecule is CN=C/C(=C(\N)Cc1ccccc1)c1cc(N2CCC(O)(c3ccc(F)c(F)c3)CC2)nc(C)n1. The van der Waals surface area contributed by atoms with Crippen molar-refractivity contribution < 1.29 is 13.9 Å². The Bertz CT molecular complexity index is 1250. The molecule has 3 aromatic rings. The van der Waals surface area contributed by atoms with Crippen LogP contribution < -0.4 is 10.6 Å². The lowest BCUT2D eigenvalue weighted by Crippen LogP contribution is -2.43. The topological polar surface area (TPSA) is 87.6 Å². The van der Waals surface area contributed by atoms with E-state index < -0.39 is 17.2 Å². The van der Waals surface area contributed by atoms with Crippen molar-refractivity contribution in [3.05, 3.63) is 94.6 Å². The van der Waals surface area contributed by atoms with E-state index in [4.69, 9.17) is 5.73 Å². The van der Waals surface area contributed by atoms with Gasteiger partial charge >= 0.3 is 0 Å². The van der Waals surface area contributed by atoms with Gasteiger partial charge in [0, 0.05) is 50.1 Å². The smallest absolute Gasteiger partial charge is 0.159 e. The number of hydrogen-bond donors (Lipinski definition) is 2. The van der Waals surface area contributed by atoms with E-state index in [0.717, 1.165) is 23.3 Å². The maximum absolute atomic E-state index is 13.7. The molecule has 0 spiro atoms. The van der Waals surface area contributed by atoms with Crippen LogP contribution in [0.25, 0.3) is 5.57 Å². The minimum Gasteiger partial charge on any atom is -0.401 e. The Labute approximate surface area is 203 Å². The summed E-state index contributed by atoms with van der Waals surface area (Å²) in [6.07, 6.45) is 2.98. The van der Waals surface area contributed by atoms with Gasteiger partial charge in [0.05, 0.1) is 11.3 Å². The summed E-state index contributed by atoms with van der Waals surface area (Å²) in [5.41, 5.74) is 8.80. The van der Waals surface area contributed by atoms with Crippen molar-refractivity contribution in [1.82, 2.24) is 9.97 Å². The van der Waals surface area contributed by atoms with Crippen LogP contribution in [0.2, 0.25) is 0 Å². The van der Waals surface area contributed by atoms with E-state index in [0.29, 0.717) is 60.9 Å². The Kier molecular flexibility index (Phi) is 7.21. The monoisotopic (exact) mass is 477 g/mol. The van der Waals surface area contributed by atoms with Crippen LogP contribution in [0.4, 0.5) is 14.6 Å². The van der Waals surface area contributed by atoms with Crippen molar-refractivity contribution in [2.24, 2.45) is 10.7 Å². The summed E-state index contributed by atoms with van der Waals surface area (Å²) in [4.78, 5) is 15.5. The molecule has 3 N–H and O–H groups in total. The molecule has 0 amide bonds. The first kappa shape index (κ1) is 24.5. The Morgan fingerprint density at radius 3 is 2.46 bits per heavy atom. The molecule has 6 nitrogen and oxygen atoms in total. The average molecular weight is 478 g/mol. The quantitative estimate of drug-likeness (QED) is 0.521. The van der Waals surface area contributed by atoms with Crippen molar-refractivity contribution in [3.8, 4) is 0 Å². The van der Waals surface area contributed by atoms with Gasteiger partial charge in [-0.05, 0) is 43.0 Å². The second-order valence-electron chi connectivity index (χ2n) is 8.79. The fourth-order valence-electron chi connectivity index (χ4n) is 4.39. The zero-order valence-electron chi connectivity index (χ0n) is 19.9. The number of rotatable bonds is 6. The number of nitrogens with two attached hydrogens (primary N) is 1. The molecule has 1 aromatic heterocycles. The summed E-state index contributed by atoms with van der Waals surface area (Å²) in [5, 5.41) is 11.1. The molecule has 35 heavy (non-hydrogen) atoms. The first-order valence-corrected chi connectivity index (χ1v) is 11.5. The molecule has 0 unspecified atom stereocenters. The highest BCUT2D eigenvalue weighted by Gasteiger charge is 2.35. The van der Waals surface area contributed by atoms with Crippen LogP contribution in [-0.4, -0.2) is 41.4 Å². The van der Waals surface area contributed by atoms with Gasteiger partial charge in [0.25, 0.3) is 0 Å². The number of halogens is 2. The van der Waals surface area contributed by atoms with Gasteiger partial charge in [-0.3, -0.25) is 4.99 Å². The average Bonchev–Trinajstić information content (AvgIpc) is 2.84. The van der Waals surface area contributed by atoms with E-state index in [-0.39, 0.29) is 0 Å². The normalized spacial score (nSPS) is 16.4. The molecule has 1 aliphatic rings. The fourth-order valence-corrected chi connectivity index (χ4v) is 4.39. The third kappa shape index (κ3) is 5.54. The molecule has 0 atom stereocenters. The van der Waals surface area contributed by atoms with Gasteiger partial charge in [-0.1, -0.05) is 36.4 Å². The summed E-state index contributed by atoms with van der Waals surface area (Å²) in [6, 6.07) is 15.4. The van der Waals surface area contributed by atoms with E-state index in [2.05, 4.69) is 19.9 Å². The highest BCUT2D eigenvalue weighted by molar-refractivity contribution is 6.10. The molecule has 182 valence electrons. The summed E-state index contributed by atoms with van der Waals surface area (Å²) < 4.78 is 27.1. The molecule has 0 aliphatic carbocycles. The Hall–Kier alpha value is -3.65. The summed E-state index contributed by atoms with van der Waals surface area (Å²) in [5.74, 6) is -0.577.